The third-order valence-electron chi connectivity index (χ3n) is 3.72. The van der Waals surface area contributed by atoms with Gasteiger partial charge in [-0.25, -0.2) is 9.07 Å². The minimum atomic E-state index is -0.250. The molecule has 138 valence electrons. The molecule has 3 N–H and O–H groups in total. The highest BCUT2D eigenvalue weighted by atomic mass is 127. The molecular formula is C18H27FIN5. The van der Waals surface area contributed by atoms with Crippen molar-refractivity contribution >= 4 is 29.9 Å². The molecule has 5 nitrogen and oxygen atoms in total. The topological polar surface area (TPSA) is 68.2 Å². The maximum atomic E-state index is 12.9. The average Bonchev–Trinajstić information content (AvgIpc) is 3.04. The first-order valence-corrected chi connectivity index (χ1v) is 8.53. The summed E-state index contributed by atoms with van der Waals surface area (Å²) in [6.45, 7) is 3.65. The molecule has 1 aromatic carbocycles. The summed E-state index contributed by atoms with van der Waals surface area (Å²) in [5, 5.41) is 7.58. The van der Waals surface area contributed by atoms with E-state index < -0.39 is 0 Å². The van der Waals surface area contributed by atoms with Crippen molar-refractivity contribution in [3.63, 3.8) is 0 Å². The first-order valence-electron chi connectivity index (χ1n) is 8.53. The van der Waals surface area contributed by atoms with Gasteiger partial charge >= 0.3 is 0 Å². The Morgan fingerprint density at radius 1 is 1.20 bits per heavy atom. The average molecular weight is 459 g/mol. The van der Waals surface area contributed by atoms with Crippen molar-refractivity contribution in [2.45, 2.75) is 39.0 Å². The predicted octanol–water partition coefficient (Wildman–Crippen LogP) is 3.66. The molecule has 0 fully saturated rings. The molecule has 1 aromatic heterocycles. The normalized spacial score (nSPS) is 11.2. The van der Waals surface area contributed by atoms with E-state index in [1.165, 1.54) is 31.4 Å². The molecule has 0 bridgehead atoms. The Balaban J connectivity index is 0.00000312. The second-order valence-corrected chi connectivity index (χ2v) is 5.73. The van der Waals surface area contributed by atoms with E-state index in [-0.39, 0.29) is 29.8 Å². The Labute approximate surface area is 165 Å². The fraction of sp³-hybridized carbons (Fsp3) is 0.444. The van der Waals surface area contributed by atoms with Crippen LogP contribution in [-0.2, 0) is 6.42 Å². The monoisotopic (exact) mass is 459 g/mol. The summed E-state index contributed by atoms with van der Waals surface area (Å²) in [6.07, 6.45) is 7.38. The summed E-state index contributed by atoms with van der Waals surface area (Å²) in [7, 11) is 0. The van der Waals surface area contributed by atoms with Gasteiger partial charge in [-0.3, -0.25) is 4.99 Å². The van der Waals surface area contributed by atoms with Crippen molar-refractivity contribution in [2.75, 3.05) is 13.1 Å². The third kappa shape index (κ3) is 7.85. The lowest BCUT2D eigenvalue weighted by molar-refractivity contribution is 0.627. The van der Waals surface area contributed by atoms with Gasteiger partial charge in [0.05, 0.1) is 11.4 Å². The van der Waals surface area contributed by atoms with Gasteiger partial charge in [0, 0.05) is 25.7 Å². The minimum absolute atomic E-state index is 0. The maximum Gasteiger partial charge on any atom is 0.188 e. The number of hydrogen-bond donors (Lipinski definition) is 2. The molecule has 7 heteroatoms. The maximum absolute atomic E-state index is 12.9. The molecule has 0 saturated heterocycles. The van der Waals surface area contributed by atoms with Gasteiger partial charge in [-0.15, -0.1) is 24.0 Å². The summed E-state index contributed by atoms with van der Waals surface area (Å²) in [5.41, 5.74) is 7.62. The number of nitrogens with zero attached hydrogens (tertiary/aromatic N) is 3. The zero-order valence-electron chi connectivity index (χ0n) is 14.6. The zero-order chi connectivity index (χ0) is 17.2. The van der Waals surface area contributed by atoms with Crippen molar-refractivity contribution in [2.24, 2.45) is 10.7 Å². The molecule has 0 aliphatic heterocycles. The molecule has 0 unspecified atom stereocenters. The highest BCUT2D eigenvalue weighted by Crippen LogP contribution is 2.09. The van der Waals surface area contributed by atoms with Gasteiger partial charge in [0.2, 0.25) is 0 Å². The van der Waals surface area contributed by atoms with Crippen molar-refractivity contribution in [1.82, 2.24) is 15.1 Å². The minimum Gasteiger partial charge on any atom is -0.370 e. The molecular weight excluding hydrogens is 432 g/mol. The lowest BCUT2D eigenvalue weighted by Gasteiger charge is -2.04. The van der Waals surface area contributed by atoms with Crippen LogP contribution in [0.4, 0.5) is 4.39 Å². The van der Waals surface area contributed by atoms with Crippen LogP contribution in [0.2, 0.25) is 0 Å². The Morgan fingerprint density at radius 3 is 2.68 bits per heavy atom. The number of unbranched alkanes of at least 4 members (excludes halogenated alkanes) is 3. The second kappa shape index (κ2) is 11.8. The Morgan fingerprint density at radius 2 is 1.96 bits per heavy atom. The number of hydrogen-bond acceptors (Lipinski definition) is 2. The number of aromatic nitrogens is 2. The van der Waals surface area contributed by atoms with E-state index in [0.29, 0.717) is 12.5 Å². The summed E-state index contributed by atoms with van der Waals surface area (Å²) < 4.78 is 14.7. The number of benzene rings is 1. The smallest absolute Gasteiger partial charge is 0.188 e. The lowest BCUT2D eigenvalue weighted by atomic mass is 10.2. The summed E-state index contributed by atoms with van der Waals surface area (Å²) in [6, 6.07) is 8.20. The van der Waals surface area contributed by atoms with Crippen LogP contribution in [0, 0.1) is 5.82 Å². The van der Waals surface area contributed by atoms with Crippen LogP contribution in [0.3, 0.4) is 0 Å². The molecule has 0 aliphatic carbocycles. The van der Waals surface area contributed by atoms with E-state index in [1.54, 1.807) is 16.8 Å². The summed E-state index contributed by atoms with van der Waals surface area (Å²) in [5.74, 6) is 0.240. The number of nitrogens with two attached hydrogens (primary N) is 1. The second-order valence-electron chi connectivity index (χ2n) is 5.73. The van der Waals surface area contributed by atoms with E-state index in [2.05, 4.69) is 22.3 Å². The van der Waals surface area contributed by atoms with Crippen LogP contribution >= 0.6 is 24.0 Å². The Bertz CT molecular complexity index is 639. The molecule has 2 aromatic rings. The molecule has 0 radical (unpaired) electrons. The van der Waals surface area contributed by atoms with Crippen molar-refractivity contribution < 1.29 is 4.39 Å². The number of nitrogens with one attached hydrogen (secondary N) is 1. The molecule has 1 heterocycles. The van der Waals surface area contributed by atoms with Crippen molar-refractivity contribution in [1.29, 1.82) is 0 Å². The van der Waals surface area contributed by atoms with Gasteiger partial charge in [-0.05, 0) is 36.8 Å². The van der Waals surface area contributed by atoms with Crippen LogP contribution < -0.4 is 11.1 Å². The molecule has 2 rings (SSSR count). The number of halogens is 2. The summed E-state index contributed by atoms with van der Waals surface area (Å²) >= 11 is 0. The largest absolute Gasteiger partial charge is 0.370 e. The van der Waals surface area contributed by atoms with Gasteiger partial charge in [-0.1, -0.05) is 26.2 Å². The van der Waals surface area contributed by atoms with E-state index in [0.717, 1.165) is 30.8 Å². The van der Waals surface area contributed by atoms with Crippen LogP contribution in [-0.4, -0.2) is 28.8 Å². The molecule has 0 aliphatic rings. The van der Waals surface area contributed by atoms with Gasteiger partial charge in [0.1, 0.15) is 5.82 Å². The predicted molar refractivity (Wildman–Crippen MR) is 111 cm³/mol. The van der Waals surface area contributed by atoms with Crippen molar-refractivity contribution in [3.05, 3.63) is 48.0 Å². The standard InChI is InChI=1S/C18H26FN5.HI/c1-2-3-4-5-12-21-18(20)22-13-10-16-11-14-24(23-16)17-8-6-15(19)7-9-17;/h6-9,11,14H,2-5,10,12-13H2,1H3,(H3,20,21,22);1H. The van der Waals surface area contributed by atoms with E-state index in [9.17, 15) is 4.39 Å². The SMILES string of the molecule is CCCCCCN=C(N)NCCc1ccn(-c2ccc(F)cc2)n1.I. The molecule has 0 saturated carbocycles. The van der Waals surface area contributed by atoms with Gasteiger partial charge < -0.3 is 11.1 Å². The Hall–Kier alpha value is -1.64. The van der Waals surface area contributed by atoms with Gasteiger partial charge in [-0.2, -0.15) is 5.10 Å². The third-order valence-corrected chi connectivity index (χ3v) is 3.72. The molecule has 0 atom stereocenters. The fourth-order valence-corrected chi connectivity index (χ4v) is 2.35. The number of rotatable bonds is 9. The lowest BCUT2D eigenvalue weighted by Crippen LogP contribution is -2.33. The molecule has 25 heavy (non-hydrogen) atoms. The highest BCUT2D eigenvalue weighted by Gasteiger charge is 2.02. The van der Waals surface area contributed by atoms with E-state index >= 15 is 0 Å². The van der Waals surface area contributed by atoms with Gasteiger partial charge in [0.25, 0.3) is 0 Å². The van der Waals surface area contributed by atoms with Crippen LogP contribution in [0.25, 0.3) is 5.69 Å². The van der Waals surface area contributed by atoms with Crippen LogP contribution in [0.5, 0.6) is 0 Å². The van der Waals surface area contributed by atoms with Gasteiger partial charge in [0.15, 0.2) is 5.96 Å². The number of guanidine groups is 1. The zero-order valence-corrected chi connectivity index (χ0v) is 16.9. The van der Waals surface area contributed by atoms with E-state index in [1.807, 2.05) is 12.3 Å². The quantitative estimate of drug-likeness (QED) is 0.260. The number of aliphatic imine (C=N–C) groups is 1. The van der Waals surface area contributed by atoms with Crippen LogP contribution in [0.1, 0.15) is 38.3 Å². The highest BCUT2D eigenvalue weighted by molar-refractivity contribution is 14.0. The fourth-order valence-electron chi connectivity index (χ4n) is 2.35. The summed E-state index contributed by atoms with van der Waals surface area (Å²) in [4.78, 5) is 4.31. The van der Waals surface area contributed by atoms with Crippen molar-refractivity contribution in [3.8, 4) is 5.69 Å². The van der Waals surface area contributed by atoms with E-state index in [4.69, 9.17) is 5.73 Å². The Kier molecular flexibility index (Phi) is 10.1. The first kappa shape index (κ1) is 21.4. The first-order chi connectivity index (χ1) is 11.7. The molecule has 0 amide bonds. The molecule has 0 spiro atoms. The van der Waals surface area contributed by atoms with Crippen LogP contribution in [0.15, 0.2) is 41.5 Å².